The van der Waals surface area contributed by atoms with Crippen LogP contribution in [0, 0.1) is 17.8 Å². The summed E-state index contributed by atoms with van der Waals surface area (Å²) in [5.74, 6) is 1.88. The molecule has 13 heavy (non-hydrogen) atoms. The van der Waals surface area contributed by atoms with Crippen LogP contribution in [0.25, 0.3) is 0 Å². The quantitative estimate of drug-likeness (QED) is 0.455. The molecule has 3 rings (SSSR count). The lowest BCUT2D eigenvalue weighted by molar-refractivity contribution is 0.0907. The van der Waals surface area contributed by atoms with E-state index in [2.05, 4.69) is 12.2 Å². The average molecular weight is 180 g/mol. The first-order valence-corrected chi connectivity index (χ1v) is 4.84. The zero-order valence-corrected chi connectivity index (χ0v) is 7.31. The van der Waals surface area contributed by atoms with Gasteiger partial charge in [-0.25, -0.2) is 4.79 Å². The summed E-state index contributed by atoms with van der Waals surface area (Å²) in [6, 6.07) is 0. The first kappa shape index (κ1) is 7.42. The van der Waals surface area contributed by atoms with Crippen LogP contribution in [-0.2, 0) is 9.47 Å². The van der Waals surface area contributed by atoms with Gasteiger partial charge in [-0.05, 0) is 24.7 Å². The van der Waals surface area contributed by atoms with Crippen LogP contribution in [-0.4, -0.2) is 18.9 Å². The van der Waals surface area contributed by atoms with E-state index in [0.29, 0.717) is 18.4 Å². The highest BCUT2D eigenvalue weighted by atomic mass is 16.8. The predicted octanol–water partition coefficient (Wildman–Crippen LogP) is 1.73. The number of carbonyl (C=O) groups excluding carboxylic acids is 1. The topological polar surface area (TPSA) is 35.5 Å². The Hall–Kier alpha value is -0.990. The second-order valence-electron chi connectivity index (χ2n) is 4.16. The number of cyclic esters (lactones) is 2. The summed E-state index contributed by atoms with van der Waals surface area (Å²) in [6.45, 7) is 0.459. The van der Waals surface area contributed by atoms with Gasteiger partial charge in [-0.15, -0.1) is 0 Å². The third-order valence-electron chi connectivity index (χ3n) is 3.42. The minimum Gasteiger partial charge on any atom is -0.430 e. The van der Waals surface area contributed by atoms with Gasteiger partial charge in [0.05, 0.1) is 0 Å². The van der Waals surface area contributed by atoms with Gasteiger partial charge >= 0.3 is 6.16 Å². The van der Waals surface area contributed by atoms with Crippen LogP contribution in [0.3, 0.4) is 0 Å². The SMILES string of the molecule is O=C1OCC(C2CC3C=CC2C3)O1. The lowest BCUT2D eigenvalue weighted by atomic mass is 9.89. The summed E-state index contributed by atoms with van der Waals surface area (Å²) in [5, 5.41) is 0. The van der Waals surface area contributed by atoms with E-state index in [-0.39, 0.29) is 6.10 Å². The number of allylic oxidation sites excluding steroid dienone is 2. The molecule has 1 saturated carbocycles. The summed E-state index contributed by atoms with van der Waals surface area (Å²) in [5.41, 5.74) is 0. The molecule has 0 aromatic rings. The van der Waals surface area contributed by atoms with E-state index in [4.69, 9.17) is 9.47 Å². The molecule has 2 bridgehead atoms. The summed E-state index contributed by atoms with van der Waals surface area (Å²) in [7, 11) is 0. The van der Waals surface area contributed by atoms with Crippen LogP contribution in [0.1, 0.15) is 12.8 Å². The molecule has 1 heterocycles. The van der Waals surface area contributed by atoms with Crippen molar-refractivity contribution in [2.45, 2.75) is 18.9 Å². The van der Waals surface area contributed by atoms with Gasteiger partial charge in [-0.1, -0.05) is 12.2 Å². The molecular formula is C10H12O3. The maximum absolute atomic E-state index is 10.8. The lowest BCUT2D eigenvalue weighted by Gasteiger charge is -2.21. The molecule has 1 aliphatic heterocycles. The van der Waals surface area contributed by atoms with Crippen LogP contribution < -0.4 is 0 Å². The predicted molar refractivity (Wildman–Crippen MR) is 45.1 cm³/mol. The molecule has 4 unspecified atom stereocenters. The zero-order valence-electron chi connectivity index (χ0n) is 7.31. The van der Waals surface area contributed by atoms with Gasteiger partial charge < -0.3 is 9.47 Å². The van der Waals surface area contributed by atoms with Gasteiger partial charge in [0, 0.05) is 5.92 Å². The van der Waals surface area contributed by atoms with Gasteiger partial charge in [0.2, 0.25) is 0 Å². The Morgan fingerprint density at radius 3 is 2.77 bits per heavy atom. The van der Waals surface area contributed by atoms with Crippen molar-refractivity contribution in [1.82, 2.24) is 0 Å². The van der Waals surface area contributed by atoms with Gasteiger partial charge in [-0.3, -0.25) is 0 Å². The van der Waals surface area contributed by atoms with Crippen LogP contribution in [0.5, 0.6) is 0 Å². The molecule has 0 radical (unpaired) electrons. The van der Waals surface area contributed by atoms with Crippen molar-refractivity contribution in [3.8, 4) is 0 Å². The third kappa shape index (κ3) is 1.06. The molecule has 1 saturated heterocycles. The molecular weight excluding hydrogens is 168 g/mol. The molecule has 4 atom stereocenters. The number of hydrogen-bond acceptors (Lipinski definition) is 3. The Kier molecular flexibility index (Phi) is 1.43. The van der Waals surface area contributed by atoms with Crippen molar-refractivity contribution in [3.05, 3.63) is 12.2 Å². The van der Waals surface area contributed by atoms with E-state index in [1.807, 2.05) is 0 Å². The standard InChI is InChI=1S/C10H12O3/c11-10-12-5-9(13-10)8-4-6-1-2-7(8)3-6/h1-2,6-9H,3-5H2. The molecule has 0 aromatic heterocycles. The Balaban J connectivity index is 1.73. The summed E-state index contributed by atoms with van der Waals surface area (Å²) in [4.78, 5) is 10.8. The average Bonchev–Trinajstić information content (AvgIpc) is 2.77. The van der Waals surface area contributed by atoms with Crippen molar-refractivity contribution in [3.63, 3.8) is 0 Å². The Labute approximate surface area is 76.7 Å². The number of carbonyl (C=O) groups is 1. The van der Waals surface area contributed by atoms with E-state index < -0.39 is 6.16 Å². The fourth-order valence-electron chi connectivity index (χ4n) is 2.80. The molecule has 3 nitrogen and oxygen atoms in total. The first-order valence-electron chi connectivity index (χ1n) is 4.84. The van der Waals surface area contributed by atoms with Gasteiger partial charge in [-0.2, -0.15) is 0 Å². The highest BCUT2D eigenvalue weighted by molar-refractivity contribution is 5.61. The molecule has 3 heteroatoms. The molecule has 0 N–H and O–H groups in total. The Bertz CT molecular complexity index is 271. The van der Waals surface area contributed by atoms with E-state index in [0.717, 1.165) is 5.92 Å². The van der Waals surface area contributed by atoms with E-state index in [9.17, 15) is 4.79 Å². The summed E-state index contributed by atoms with van der Waals surface area (Å²) < 4.78 is 9.90. The minimum atomic E-state index is -0.489. The fourth-order valence-corrected chi connectivity index (χ4v) is 2.80. The number of fused-ring (bicyclic) bond motifs is 2. The molecule has 2 fully saturated rings. The van der Waals surface area contributed by atoms with Crippen molar-refractivity contribution in [2.24, 2.45) is 17.8 Å². The van der Waals surface area contributed by atoms with E-state index in [1.165, 1.54) is 12.8 Å². The van der Waals surface area contributed by atoms with Crippen LogP contribution in [0.2, 0.25) is 0 Å². The van der Waals surface area contributed by atoms with Gasteiger partial charge in [0.25, 0.3) is 0 Å². The van der Waals surface area contributed by atoms with Crippen LogP contribution >= 0.6 is 0 Å². The molecule has 0 aromatic carbocycles. The van der Waals surface area contributed by atoms with E-state index >= 15 is 0 Å². The zero-order chi connectivity index (χ0) is 8.84. The summed E-state index contributed by atoms with van der Waals surface area (Å²) in [6.07, 6.45) is 6.51. The second kappa shape index (κ2) is 2.50. The smallest absolute Gasteiger partial charge is 0.430 e. The second-order valence-corrected chi connectivity index (χ2v) is 4.16. The molecule has 3 aliphatic rings. The van der Waals surface area contributed by atoms with Crippen LogP contribution in [0.4, 0.5) is 4.79 Å². The normalized spacial score (nSPS) is 46.6. The van der Waals surface area contributed by atoms with Crippen molar-refractivity contribution in [1.29, 1.82) is 0 Å². The number of hydrogen-bond donors (Lipinski definition) is 0. The largest absolute Gasteiger partial charge is 0.508 e. The van der Waals surface area contributed by atoms with Crippen molar-refractivity contribution < 1.29 is 14.3 Å². The molecule has 0 amide bonds. The maximum Gasteiger partial charge on any atom is 0.508 e. The van der Waals surface area contributed by atoms with Crippen molar-refractivity contribution >= 4 is 6.16 Å². The number of ether oxygens (including phenoxy) is 2. The first-order chi connectivity index (χ1) is 6.33. The highest BCUT2D eigenvalue weighted by Crippen LogP contribution is 2.46. The highest BCUT2D eigenvalue weighted by Gasteiger charge is 2.44. The molecule has 2 aliphatic carbocycles. The Morgan fingerprint density at radius 2 is 2.23 bits per heavy atom. The third-order valence-corrected chi connectivity index (χ3v) is 3.42. The van der Waals surface area contributed by atoms with Gasteiger partial charge in [0.1, 0.15) is 12.7 Å². The maximum atomic E-state index is 10.8. The van der Waals surface area contributed by atoms with Crippen LogP contribution in [0.15, 0.2) is 12.2 Å². The number of rotatable bonds is 1. The van der Waals surface area contributed by atoms with Crippen molar-refractivity contribution in [2.75, 3.05) is 6.61 Å². The lowest BCUT2D eigenvalue weighted by Crippen LogP contribution is -2.26. The summed E-state index contributed by atoms with van der Waals surface area (Å²) >= 11 is 0. The fraction of sp³-hybridized carbons (Fsp3) is 0.700. The molecule has 0 spiro atoms. The van der Waals surface area contributed by atoms with Gasteiger partial charge in [0.15, 0.2) is 0 Å². The molecule has 70 valence electrons. The van der Waals surface area contributed by atoms with E-state index in [1.54, 1.807) is 0 Å². The minimum absolute atomic E-state index is 0.0208. The monoisotopic (exact) mass is 180 g/mol. The Morgan fingerprint density at radius 1 is 1.31 bits per heavy atom.